The van der Waals surface area contributed by atoms with Crippen molar-refractivity contribution in [3.05, 3.63) is 0 Å². The summed E-state index contributed by atoms with van der Waals surface area (Å²) in [6, 6.07) is -0.709. The van der Waals surface area contributed by atoms with E-state index < -0.39 is 12.0 Å². The summed E-state index contributed by atoms with van der Waals surface area (Å²) in [5.74, 6) is -1.20. The number of carbonyl (C=O) groups is 2. The fourth-order valence-corrected chi connectivity index (χ4v) is 4.48. The van der Waals surface area contributed by atoms with E-state index in [2.05, 4.69) is 27.5 Å². The second-order valence-electron chi connectivity index (χ2n) is 10.4. The monoisotopic (exact) mass is 662 g/mol. The molecule has 0 aliphatic heterocycles. The van der Waals surface area contributed by atoms with Crippen LogP contribution in [0.4, 0.5) is 0 Å². The van der Waals surface area contributed by atoms with Crippen molar-refractivity contribution in [2.45, 2.75) is 168 Å². The van der Waals surface area contributed by atoms with E-state index >= 15 is 0 Å². The van der Waals surface area contributed by atoms with Crippen molar-refractivity contribution >= 4 is 34.9 Å². The van der Waals surface area contributed by atoms with Crippen molar-refractivity contribution in [1.82, 2.24) is 10.6 Å². The van der Waals surface area contributed by atoms with Crippen molar-refractivity contribution in [3.8, 4) is 0 Å². The van der Waals surface area contributed by atoms with Gasteiger partial charge in [-0.3, -0.25) is 0 Å². The molecular weight excluding hydrogens is 602 g/mol. The molecule has 0 aromatic rings. The van der Waals surface area contributed by atoms with Crippen molar-refractivity contribution < 1.29 is 47.3 Å². The standard InChI is InChI=1S/C15H30INO2.C15H31NO2.Na/c1-3-4-5-6-7-8-9-10-11-12-13-17-14(2)15(18)19-16;1-3-4-5-6-7-8-9-10-11-12-13-16-14(2)15(17)18;/h14,17H,3-13H2,1-2H3;14,16H,3-13H2,1-2H3,(H,17,18);/q;;+1/p-1/t2*14-;/m00./s1. The first kappa shape index (κ1) is 43.0. The first-order chi connectivity index (χ1) is 17.9. The summed E-state index contributed by atoms with van der Waals surface area (Å²) >= 11 is 1.63. The Bertz CT molecular complexity index is 501. The van der Waals surface area contributed by atoms with E-state index in [0.29, 0.717) is 0 Å². The van der Waals surface area contributed by atoms with Crippen LogP contribution >= 0.6 is 23.0 Å². The Morgan fingerprint density at radius 2 is 0.895 bits per heavy atom. The zero-order valence-electron chi connectivity index (χ0n) is 25.7. The molecule has 0 rings (SSSR count). The average Bonchev–Trinajstić information content (AvgIpc) is 2.89. The Hall–Kier alpha value is 0.590. The number of halogens is 1. The molecular formula is C30H60IN2NaO4. The van der Waals surface area contributed by atoms with Gasteiger partial charge in [-0.25, -0.2) is 4.79 Å². The van der Waals surface area contributed by atoms with Gasteiger partial charge >= 0.3 is 35.5 Å². The summed E-state index contributed by atoms with van der Waals surface area (Å²) in [6.45, 7) is 9.67. The van der Waals surface area contributed by atoms with Gasteiger partial charge in [-0.05, 0) is 39.8 Å². The third-order valence-electron chi connectivity index (χ3n) is 6.74. The van der Waals surface area contributed by atoms with Gasteiger partial charge in [0.05, 0.1) is 5.97 Å². The largest absolute Gasteiger partial charge is 1.00 e. The van der Waals surface area contributed by atoms with Crippen LogP contribution in [-0.2, 0) is 12.7 Å². The van der Waals surface area contributed by atoms with Gasteiger partial charge in [-0.15, -0.1) is 0 Å². The molecule has 2 atom stereocenters. The van der Waals surface area contributed by atoms with E-state index in [4.69, 9.17) is 0 Å². The van der Waals surface area contributed by atoms with Crippen LogP contribution in [0.5, 0.6) is 0 Å². The maximum Gasteiger partial charge on any atom is 1.00 e. The molecule has 8 heteroatoms. The molecule has 0 fully saturated rings. The predicted octanol–water partition coefficient (Wildman–Crippen LogP) is 4.42. The molecule has 0 bridgehead atoms. The van der Waals surface area contributed by atoms with E-state index in [9.17, 15) is 14.7 Å². The Kier molecular flexibility index (Phi) is 40.3. The molecule has 0 radical (unpaired) electrons. The first-order valence-corrected chi connectivity index (χ1v) is 16.3. The van der Waals surface area contributed by atoms with Crippen LogP contribution < -0.4 is 45.3 Å². The SMILES string of the molecule is CCCCCCCCCCCCN[C@@H](C)C(=O)OI.CCCCCCCCCCCCN[C@@H](C)C(=O)[O-].[Na+]. The normalized spacial score (nSPS) is 12.1. The number of carboxylic acids is 1. The number of hydrogen-bond acceptors (Lipinski definition) is 6. The smallest absolute Gasteiger partial charge is 0.548 e. The molecule has 0 saturated heterocycles. The second kappa shape index (κ2) is 35.6. The molecule has 222 valence electrons. The molecule has 6 nitrogen and oxygen atoms in total. The number of carbonyl (C=O) groups excluding carboxylic acids is 2. The Balaban J connectivity index is -0.000000629. The molecule has 0 saturated carbocycles. The van der Waals surface area contributed by atoms with E-state index in [0.717, 1.165) is 25.9 Å². The average molecular weight is 663 g/mol. The van der Waals surface area contributed by atoms with Gasteiger partial charge in [0.15, 0.2) is 23.0 Å². The first-order valence-electron chi connectivity index (χ1n) is 15.4. The van der Waals surface area contributed by atoms with Crippen LogP contribution in [0.3, 0.4) is 0 Å². The van der Waals surface area contributed by atoms with Crippen LogP contribution in [0.15, 0.2) is 0 Å². The van der Waals surface area contributed by atoms with Crippen molar-refractivity contribution in [1.29, 1.82) is 0 Å². The van der Waals surface area contributed by atoms with E-state index in [-0.39, 0.29) is 41.6 Å². The van der Waals surface area contributed by atoms with E-state index in [1.165, 1.54) is 116 Å². The topological polar surface area (TPSA) is 90.5 Å². The van der Waals surface area contributed by atoms with E-state index in [1.54, 1.807) is 29.9 Å². The van der Waals surface area contributed by atoms with Gasteiger partial charge in [0.1, 0.15) is 6.04 Å². The summed E-state index contributed by atoms with van der Waals surface area (Å²) < 4.78 is 4.63. The number of carboxylic acid groups (broad SMARTS) is 1. The molecule has 38 heavy (non-hydrogen) atoms. The minimum atomic E-state index is -1.01. The maximum absolute atomic E-state index is 11.1. The third kappa shape index (κ3) is 34.6. The Labute approximate surface area is 272 Å². The van der Waals surface area contributed by atoms with Gasteiger partial charge < -0.3 is 23.6 Å². The third-order valence-corrected chi connectivity index (χ3v) is 7.18. The van der Waals surface area contributed by atoms with Gasteiger partial charge in [0.2, 0.25) is 0 Å². The summed E-state index contributed by atoms with van der Waals surface area (Å²) in [4.78, 5) is 21.6. The molecule has 0 amide bonds. The number of hydrogen-bond donors (Lipinski definition) is 2. The van der Waals surface area contributed by atoms with Crippen molar-refractivity contribution in [2.75, 3.05) is 13.1 Å². The summed E-state index contributed by atoms with van der Waals surface area (Å²) in [5, 5.41) is 16.6. The number of nitrogens with one attached hydrogen (secondary N) is 2. The van der Waals surface area contributed by atoms with Gasteiger partial charge in [-0.2, -0.15) is 0 Å². The maximum atomic E-state index is 11.1. The summed E-state index contributed by atoms with van der Waals surface area (Å²) in [6.07, 6.45) is 26.5. The van der Waals surface area contributed by atoms with E-state index in [1.807, 2.05) is 6.92 Å². The van der Waals surface area contributed by atoms with Gasteiger partial charge in [0, 0.05) is 6.04 Å². The molecule has 0 spiro atoms. The van der Waals surface area contributed by atoms with Crippen molar-refractivity contribution in [3.63, 3.8) is 0 Å². The van der Waals surface area contributed by atoms with Crippen LogP contribution in [0.2, 0.25) is 0 Å². The fourth-order valence-electron chi connectivity index (χ4n) is 4.10. The Morgan fingerprint density at radius 3 is 1.18 bits per heavy atom. The molecule has 2 N–H and O–H groups in total. The van der Waals surface area contributed by atoms with Gasteiger partial charge in [-0.1, -0.05) is 129 Å². The second-order valence-corrected chi connectivity index (χ2v) is 10.9. The molecule has 0 aliphatic rings. The molecule has 0 heterocycles. The molecule has 0 aromatic heterocycles. The zero-order valence-corrected chi connectivity index (χ0v) is 29.9. The van der Waals surface area contributed by atoms with Crippen LogP contribution in [0.25, 0.3) is 0 Å². The fraction of sp³-hybridized carbons (Fsp3) is 0.933. The summed E-state index contributed by atoms with van der Waals surface area (Å²) in [7, 11) is 0. The van der Waals surface area contributed by atoms with Crippen LogP contribution in [0.1, 0.15) is 156 Å². The van der Waals surface area contributed by atoms with Crippen LogP contribution in [0, 0.1) is 0 Å². The van der Waals surface area contributed by atoms with Crippen LogP contribution in [-0.4, -0.2) is 37.1 Å². The Morgan fingerprint density at radius 1 is 0.605 bits per heavy atom. The molecule has 0 aliphatic carbocycles. The number of aliphatic carboxylic acids is 1. The number of rotatable bonds is 26. The molecule has 0 unspecified atom stereocenters. The number of unbranched alkanes of at least 4 members (excludes halogenated alkanes) is 18. The minimum absolute atomic E-state index is 0. The van der Waals surface area contributed by atoms with Crippen molar-refractivity contribution in [2.24, 2.45) is 0 Å². The quantitative estimate of drug-likeness (QED) is 0.0811. The zero-order chi connectivity index (χ0) is 28.0. The molecule has 0 aromatic carbocycles. The summed E-state index contributed by atoms with van der Waals surface area (Å²) in [5.41, 5.74) is 0. The predicted molar refractivity (Wildman–Crippen MR) is 164 cm³/mol. The van der Waals surface area contributed by atoms with Gasteiger partial charge in [0.25, 0.3) is 0 Å². The minimum Gasteiger partial charge on any atom is -0.548 e.